The first-order valence-electron chi connectivity index (χ1n) is 8.87. The van der Waals surface area contributed by atoms with Crippen molar-refractivity contribution in [3.63, 3.8) is 0 Å². The van der Waals surface area contributed by atoms with Crippen molar-refractivity contribution in [2.75, 3.05) is 18.0 Å². The molecule has 1 saturated heterocycles. The molecule has 25 heavy (non-hydrogen) atoms. The van der Waals surface area contributed by atoms with Gasteiger partial charge in [-0.2, -0.15) is 5.10 Å². The van der Waals surface area contributed by atoms with Crippen molar-refractivity contribution in [3.05, 3.63) is 71.9 Å². The maximum absolute atomic E-state index is 4.81. The number of piperidine rings is 1. The van der Waals surface area contributed by atoms with Gasteiger partial charge in [-0.1, -0.05) is 54.6 Å². The maximum atomic E-state index is 4.81. The van der Waals surface area contributed by atoms with Crippen LogP contribution in [0.15, 0.2) is 60.8 Å². The Kier molecular flexibility index (Phi) is 4.42. The van der Waals surface area contributed by atoms with E-state index < -0.39 is 0 Å². The Hall–Kier alpha value is -2.75. The molecular formula is C21H22N4. The Balaban J connectivity index is 1.60. The van der Waals surface area contributed by atoms with E-state index in [0.29, 0.717) is 5.92 Å². The minimum atomic E-state index is 0.528. The molecule has 126 valence electrons. The quantitative estimate of drug-likeness (QED) is 0.720. The molecule has 1 aliphatic heterocycles. The third-order valence-corrected chi connectivity index (χ3v) is 4.94. The lowest BCUT2D eigenvalue weighted by Gasteiger charge is -2.32. The normalized spacial score (nSPS) is 17.5. The molecule has 2 heterocycles. The molecule has 0 saturated carbocycles. The molecule has 0 spiro atoms. The largest absolute Gasteiger partial charge is 0.339 e. The van der Waals surface area contributed by atoms with Crippen LogP contribution in [0.25, 0.3) is 11.3 Å². The summed E-state index contributed by atoms with van der Waals surface area (Å²) in [6.07, 6.45) is 4.12. The fourth-order valence-electron chi connectivity index (χ4n) is 3.57. The number of hydrogen-bond acceptors (Lipinski definition) is 4. The van der Waals surface area contributed by atoms with Gasteiger partial charge in [0.1, 0.15) is 0 Å². The topological polar surface area (TPSA) is 41.9 Å². The molecule has 0 aliphatic carbocycles. The summed E-state index contributed by atoms with van der Waals surface area (Å²) in [6, 6.07) is 19.0. The van der Waals surface area contributed by atoms with Gasteiger partial charge in [0.2, 0.25) is 5.95 Å². The van der Waals surface area contributed by atoms with E-state index in [0.717, 1.165) is 36.7 Å². The van der Waals surface area contributed by atoms with Crippen molar-refractivity contribution in [2.24, 2.45) is 0 Å². The molecule has 0 radical (unpaired) electrons. The summed E-state index contributed by atoms with van der Waals surface area (Å²) >= 11 is 0. The molecule has 0 bridgehead atoms. The summed E-state index contributed by atoms with van der Waals surface area (Å²) in [5.41, 5.74) is 4.62. The van der Waals surface area contributed by atoms with Gasteiger partial charge < -0.3 is 4.90 Å². The van der Waals surface area contributed by atoms with Crippen LogP contribution in [0.3, 0.4) is 0 Å². The fraction of sp³-hybridized carbons (Fsp3) is 0.286. The minimum absolute atomic E-state index is 0.528. The van der Waals surface area contributed by atoms with Crippen molar-refractivity contribution in [2.45, 2.75) is 25.7 Å². The predicted octanol–water partition coefficient (Wildman–Crippen LogP) is 4.23. The molecule has 1 aromatic heterocycles. The van der Waals surface area contributed by atoms with E-state index in [1.807, 2.05) is 12.1 Å². The zero-order chi connectivity index (χ0) is 17.1. The minimum Gasteiger partial charge on any atom is -0.339 e. The van der Waals surface area contributed by atoms with Crippen molar-refractivity contribution in [1.29, 1.82) is 0 Å². The van der Waals surface area contributed by atoms with Gasteiger partial charge >= 0.3 is 0 Å². The van der Waals surface area contributed by atoms with Crippen LogP contribution in [0, 0.1) is 6.92 Å². The summed E-state index contributed by atoms with van der Waals surface area (Å²) in [6.45, 7) is 4.04. The molecule has 2 aromatic carbocycles. The SMILES string of the molecule is Cc1ccccc1-c1cnnc(N2CCCC(c3ccccc3)C2)n1. The third kappa shape index (κ3) is 3.38. The highest BCUT2D eigenvalue weighted by Gasteiger charge is 2.23. The maximum Gasteiger partial charge on any atom is 0.245 e. The second-order valence-corrected chi connectivity index (χ2v) is 6.65. The Morgan fingerprint density at radius 3 is 2.64 bits per heavy atom. The van der Waals surface area contributed by atoms with E-state index in [1.54, 1.807) is 6.20 Å². The average molecular weight is 330 g/mol. The third-order valence-electron chi connectivity index (χ3n) is 4.94. The highest BCUT2D eigenvalue weighted by atomic mass is 15.3. The molecule has 4 rings (SSSR count). The monoisotopic (exact) mass is 330 g/mol. The Morgan fingerprint density at radius 2 is 1.80 bits per heavy atom. The van der Waals surface area contributed by atoms with Crippen LogP contribution in [-0.4, -0.2) is 28.3 Å². The summed E-state index contributed by atoms with van der Waals surface area (Å²) in [7, 11) is 0. The van der Waals surface area contributed by atoms with Crippen LogP contribution < -0.4 is 4.90 Å². The van der Waals surface area contributed by atoms with E-state index in [-0.39, 0.29) is 0 Å². The van der Waals surface area contributed by atoms with E-state index in [4.69, 9.17) is 4.98 Å². The van der Waals surface area contributed by atoms with Gasteiger partial charge in [-0.15, -0.1) is 5.10 Å². The van der Waals surface area contributed by atoms with Crippen molar-refractivity contribution >= 4 is 5.95 Å². The van der Waals surface area contributed by atoms with E-state index in [2.05, 4.69) is 64.5 Å². The summed E-state index contributed by atoms with van der Waals surface area (Å²) in [5.74, 6) is 1.27. The first kappa shape index (κ1) is 15.8. The first-order chi connectivity index (χ1) is 12.3. The summed E-state index contributed by atoms with van der Waals surface area (Å²) in [5, 5.41) is 8.53. The van der Waals surface area contributed by atoms with Gasteiger partial charge in [0.25, 0.3) is 0 Å². The fourth-order valence-corrected chi connectivity index (χ4v) is 3.57. The number of anilines is 1. The zero-order valence-corrected chi connectivity index (χ0v) is 14.5. The number of aryl methyl sites for hydroxylation is 1. The molecule has 3 aromatic rings. The smallest absolute Gasteiger partial charge is 0.245 e. The van der Waals surface area contributed by atoms with Gasteiger partial charge in [-0.25, -0.2) is 4.98 Å². The van der Waals surface area contributed by atoms with E-state index >= 15 is 0 Å². The first-order valence-corrected chi connectivity index (χ1v) is 8.87. The van der Waals surface area contributed by atoms with Crippen molar-refractivity contribution < 1.29 is 0 Å². The molecule has 4 heteroatoms. The van der Waals surface area contributed by atoms with Crippen molar-refractivity contribution in [3.8, 4) is 11.3 Å². The predicted molar refractivity (Wildman–Crippen MR) is 101 cm³/mol. The molecule has 0 N–H and O–H groups in total. The second kappa shape index (κ2) is 7.01. The Morgan fingerprint density at radius 1 is 1.00 bits per heavy atom. The van der Waals surface area contributed by atoms with Gasteiger partial charge in [0.15, 0.2) is 0 Å². The van der Waals surface area contributed by atoms with Crippen LogP contribution in [0.1, 0.15) is 29.9 Å². The van der Waals surface area contributed by atoms with Crippen LogP contribution >= 0.6 is 0 Å². The molecular weight excluding hydrogens is 308 g/mol. The molecule has 0 amide bonds. The van der Waals surface area contributed by atoms with E-state index in [1.165, 1.54) is 17.5 Å². The molecule has 4 nitrogen and oxygen atoms in total. The number of nitrogens with zero attached hydrogens (tertiary/aromatic N) is 4. The van der Waals surface area contributed by atoms with Crippen LogP contribution in [0.2, 0.25) is 0 Å². The number of rotatable bonds is 3. The van der Waals surface area contributed by atoms with Crippen LogP contribution in [0.5, 0.6) is 0 Å². The highest BCUT2D eigenvalue weighted by Crippen LogP contribution is 2.29. The van der Waals surface area contributed by atoms with Gasteiger partial charge in [0, 0.05) is 24.6 Å². The molecule has 1 unspecified atom stereocenters. The highest BCUT2D eigenvalue weighted by molar-refractivity contribution is 5.63. The van der Waals surface area contributed by atoms with Crippen LogP contribution in [-0.2, 0) is 0 Å². The second-order valence-electron chi connectivity index (χ2n) is 6.65. The number of benzene rings is 2. The number of aromatic nitrogens is 3. The standard InChI is InChI=1S/C21H22N4/c1-16-8-5-6-12-19(16)20-14-22-24-21(23-20)25-13-7-11-18(15-25)17-9-3-2-4-10-17/h2-6,8-10,12,14,18H,7,11,13,15H2,1H3. The van der Waals surface area contributed by atoms with Crippen molar-refractivity contribution in [1.82, 2.24) is 15.2 Å². The van der Waals surface area contributed by atoms with Gasteiger partial charge in [0.05, 0.1) is 11.9 Å². The lowest BCUT2D eigenvalue weighted by atomic mass is 9.91. The average Bonchev–Trinajstić information content (AvgIpc) is 2.69. The molecule has 1 atom stereocenters. The van der Waals surface area contributed by atoms with Crippen LogP contribution in [0.4, 0.5) is 5.95 Å². The van der Waals surface area contributed by atoms with Gasteiger partial charge in [-0.3, -0.25) is 0 Å². The summed E-state index contributed by atoms with van der Waals surface area (Å²) in [4.78, 5) is 7.08. The Bertz CT molecular complexity index is 847. The van der Waals surface area contributed by atoms with E-state index in [9.17, 15) is 0 Å². The number of hydrogen-bond donors (Lipinski definition) is 0. The summed E-state index contributed by atoms with van der Waals surface area (Å²) < 4.78 is 0. The molecule has 1 fully saturated rings. The molecule has 1 aliphatic rings. The zero-order valence-electron chi connectivity index (χ0n) is 14.5. The lowest BCUT2D eigenvalue weighted by Crippen LogP contribution is -2.35. The lowest BCUT2D eigenvalue weighted by molar-refractivity contribution is 0.502. The Labute approximate surface area is 148 Å². The van der Waals surface area contributed by atoms with Gasteiger partial charge in [-0.05, 0) is 30.9 Å².